The largest absolute Gasteiger partial charge is 0.483 e. The molecular formula is C14H19ClN2O2. The molecule has 2 heterocycles. The van der Waals surface area contributed by atoms with Gasteiger partial charge in [0.25, 0.3) is 0 Å². The highest BCUT2D eigenvalue weighted by atomic mass is 35.5. The van der Waals surface area contributed by atoms with E-state index in [-0.39, 0.29) is 6.61 Å². The van der Waals surface area contributed by atoms with Crippen LogP contribution in [0.5, 0.6) is 5.75 Å². The van der Waals surface area contributed by atoms with Gasteiger partial charge in [-0.15, -0.1) is 0 Å². The molecule has 0 unspecified atom stereocenters. The second kappa shape index (κ2) is 6.24. The molecule has 5 heteroatoms. The Bertz CT molecular complexity index is 443. The summed E-state index contributed by atoms with van der Waals surface area (Å²) in [7, 11) is 0. The highest BCUT2D eigenvalue weighted by molar-refractivity contribution is 6.30. The quantitative estimate of drug-likeness (QED) is 0.629. The van der Waals surface area contributed by atoms with E-state index in [2.05, 4.69) is 23.7 Å². The monoisotopic (exact) mass is 282 g/mol. The number of hydrogen-bond donors (Lipinski definition) is 0. The van der Waals surface area contributed by atoms with E-state index < -0.39 is 0 Å². The van der Waals surface area contributed by atoms with Gasteiger partial charge in [0.2, 0.25) is 0 Å². The van der Waals surface area contributed by atoms with Gasteiger partial charge in [0.1, 0.15) is 12.4 Å². The Morgan fingerprint density at radius 3 is 2.68 bits per heavy atom. The second-order valence-electron chi connectivity index (χ2n) is 5.29. The van der Waals surface area contributed by atoms with Crippen molar-refractivity contribution in [1.82, 2.24) is 4.98 Å². The van der Waals surface area contributed by atoms with E-state index >= 15 is 0 Å². The van der Waals surface area contributed by atoms with Crippen LogP contribution in [0.25, 0.3) is 0 Å². The van der Waals surface area contributed by atoms with Crippen molar-refractivity contribution in [3.63, 3.8) is 0 Å². The molecule has 4 nitrogen and oxygen atoms in total. The predicted molar refractivity (Wildman–Crippen MR) is 76.0 cm³/mol. The maximum atomic E-state index is 10.3. The summed E-state index contributed by atoms with van der Waals surface area (Å²) in [6.07, 6.45) is 1.95. The Morgan fingerprint density at radius 1 is 1.42 bits per heavy atom. The lowest BCUT2D eigenvalue weighted by atomic mass is 9.92. The number of pyridine rings is 1. The van der Waals surface area contributed by atoms with Crippen molar-refractivity contribution in [3.8, 4) is 5.75 Å². The predicted octanol–water partition coefficient (Wildman–Crippen LogP) is 2.80. The Hall–Kier alpha value is -1.29. The van der Waals surface area contributed by atoms with Gasteiger partial charge in [0, 0.05) is 13.1 Å². The normalized spacial score (nSPS) is 23.2. The van der Waals surface area contributed by atoms with Crippen LogP contribution in [0.4, 0.5) is 5.82 Å². The molecule has 1 aliphatic heterocycles. The van der Waals surface area contributed by atoms with Crippen LogP contribution in [0.15, 0.2) is 12.1 Å². The van der Waals surface area contributed by atoms with Crippen LogP contribution in [0.1, 0.15) is 20.3 Å². The Kier molecular flexibility index (Phi) is 4.64. The van der Waals surface area contributed by atoms with Gasteiger partial charge in [-0.1, -0.05) is 25.4 Å². The minimum atomic E-state index is -0.00146. The van der Waals surface area contributed by atoms with Gasteiger partial charge >= 0.3 is 0 Å². The number of anilines is 1. The first kappa shape index (κ1) is 14.1. The molecule has 104 valence electrons. The molecule has 0 aromatic carbocycles. The summed E-state index contributed by atoms with van der Waals surface area (Å²) in [6.45, 7) is 6.51. The van der Waals surface area contributed by atoms with E-state index in [1.54, 1.807) is 6.07 Å². The zero-order chi connectivity index (χ0) is 13.8. The number of rotatable bonds is 4. The smallest absolute Gasteiger partial charge is 0.173 e. The summed E-state index contributed by atoms with van der Waals surface area (Å²) >= 11 is 6.08. The van der Waals surface area contributed by atoms with E-state index in [0.29, 0.717) is 29.0 Å². The second-order valence-corrected chi connectivity index (χ2v) is 5.65. The maximum absolute atomic E-state index is 10.3. The van der Waals surface area contributed by atoms with Crippen molar-refractivity contribution in [1.29, 1.82) is 0 Å². The van der Waals surface area contributed by atoms with Crippen LogP contribution in [-0.2, 0) is 4.79 Å². The molecule has 1 aromatic rings. The van der Waals surface area contributed by atoms with Crippen molar-refractivity contribution < 1.29 is 9.53 Å². The number of piperidine rings is 1. The van der Waals surface area contributed by atoms with Crippen molar-refractivity contribution in [2.24, 2.45) is 11.8 Å². The number of hydrogen-bond acceptors (Lipinski definition) is 4. The number of nitrogens with zero attached hydrogens (tertiary/aromatic N) is 2. The molecule has 0 N–H and O–H groups in total. The van der Waals surface area contributed by atoms with Crippen molar-refractivity contribution >= 4 is 23.7 Å². The molecule has 0 aliphatic carbocycles. The molecule has 1 aromatic heterocycles. The highest BCUT2D eigenvalue weighted by Crippen LogP contribution is 2.29. The zero-order valence-electron chi connectivity index (χ0n) is 11.3. The fraction of sp³-hybridized carbons (Fsp3) is 0.571. The third kappa shape index (κ3) is 3.60. The van der Waals surface area contributed by atoms with Crippen molar-refractivity contribution in [2.45, 2.75) is 20.3 Å². The lowest BCUT2D eigenvalue weighted by Crippen LogP contribution is -2.39. The van der Waals surface area contributed by atoms with Crippen LogP contribution < -0.4 is 9.64 Å². The number of carbonyl (C=O) groups excluding carboxylic acids is 1. The molecule has 0 saturated carbocycles. The number of aromatic nitrogens is 1. The lowest BCUT2D eigenvalue weighted by Gasteiger charge is -2.35. The Morgan fingerprint density at radius 2 is 2.11 bits per heavy atom. The first-order chi connectivity index (χ1) is 9.10. The van der Waals surface area contributed by atoms with Gasteiger partial charge in [-0.05, 0) is 30.4 Å². The first-order valence-corrected chi connectivity index (χ1v) is 6.96. The molecule has 1 aliphatic rings. The SMILES string of the molecule is C[C@H]1C[C@H](C)CN(c2ccc(OCC=O)c(Cl)n2)C1. The first-order valence-electron chi connectivity index (χ1n) is 6.58. The van der Waals surface area contributed by atoms with E-state index in [0.717, 1.165) is 18.9 Å². The molecule has 0 radical (unpaired) electrons. The number of halogens is 1. The summed E-state index contributed by atoms with van der Waals surface area (Å²) < 4.78 is 5.19. The van der Waals surface area contributed by atoms with Crippen LogP contribution in [0.3, 0.4) is 0 Å². The molecule has 2 atom stereocenters. The standard InChI is InChI=1S/C14H19ClN2O2/c1-10-7-11(2)9-17(8-10)13-4-3-12(14(15)16-13)19-6-5-18/h3-5,10-11H,6-9H2,1-2H3/t10-,11-/m0/s1. The fourth-order valence-corrected chi connectivity index (χ4v) is 2.87. The van der Waals surface area contributed by atoms with Crippen LogP contribution in [-0.4, -0.2) is 31.0 Å². The van der Waals surface area contributed by atoms with Crippen LogP contribution in [0.2, 0.25) is 5.15 Å². The summed E-state index contributed by atoms with van der Waals surface area (Å²) in [5.41, 5.74) is 0. The third-order valence-corrected chi connectivity index (χ3v) is 3.57. The van der Waals surface area contributed by atoms with Crippen LogP contribution in [0, 0.1) is 11.8 Å². The van der Waals surface area contributed by atoms with Gasteiger partial charge < -0.3 is 9.64 Å². The van der Waals surface area contributed by atoms with E-state index in [9.17, 15) is 4.79 Å². The van der Waals surface area contributed by atoms with Gasteiger partial charge in [-0.3, -0.25) is 4.79 Å². The van der Waals surface area contributed by atoms with Gasteiger partial charge in [-0.2, -0.15) is 0 Å². The van der Waals surface area contributed by atoms with Crippen LogP contribution >= 0.6 is 11.6 Å². The van der Waals surface area contributed by atoms with Gasteiger partial charge in [0.05, 0.1) is 0 Å². The number of aldehydes is 1. The van der Waals surface area contributed by atoms with Gasteiger partial charge in [0.15, 0.2) is 17.2 Å². The molecule has 2 rings (SSSR count). The summed E-state index contributed by atoms with van der Waals surface area (Å²) in [5.74, 6) is 2.66. The Labute approximate surface area is 118 Å². The highest BCUT2D eigenvalue weighted by Gasteiger charge is 2.23. The summed E-state index contributed by atoms with van der Waals surface area (Å²) in [6, 6.07) is 3.68. The van der Waals surface area contributed by atoms with Crippen molar-refractivity contribution in [2.75, 3.05) is 24.6 Å². The number of carbonyl (C=O) groups is 1. The minimum absolute atomic E-state index is 0.00146. The summed E-state index contributed by atoms with van der Waals surface area (Å²) in [4.78, 5) is 16.9. The molecule has 19 heavy (non-hydrogen) atoms. The third-order valence-electron chi connectivity index (χ3n) is 3.30. The van der Waals surface area contributed by atoms with E-state index in [1.165, 1.54) is 6.42 Å². The molecule has 0 bridgehead atoms. The molecule has 0 amide bonds. The topological polar surface area (TPSA) is 42.4 Å². The van der Waals surface area contributed by atoms with E-state index in [4.69, 9.17) is 16.3 Å². The molecule has 1 saturated heterocycles. The molecule has 0 spiro atoms. The average molecular weight is 283 g/mol. The maximum Gasteiger partial charge on any atom is 0.173 e. The molecular weight excluding hydrogens is 264 g/mol. The Balaban J connectivity index is 2.12. The molecule has 1 fully saturated rings. The minimum Gasteiger partial charge on any atom is -0.483 e. The van der Waals surface area contributed by atoms with E-state index in [1.807, 2.05) is 6.07 Å². The lowest BCUT2D eigenvalue weighted by molar-refractivity contribution is -0.109. The van der Waals surface area contributed by atoms with Gasteiger partial charge in [-0.25, -0.2) is 4.98 Å². The number of ether oxygens (including phenoxy) is 1. The average Bonchev–Trinajstić information content (AvgIpc) is 2.36. The zero-order valence-corrected chi connectivity index (χ0v) is 12.1. The summed E-state index contributed by atoms with van der Waals surface area (Å²) in [5, 5.41) is 0.310. The fourth-order valence-electron chi connectivity index (χ4n) is 2.67. The van der Waals surface area contributed by atoms with Crippen molar-refractivity contribution in [3.05, 3.63) is 17.3 Å².